The zero-order valence-corrected chi connectivity index (χ0v) is 17.6. The van der Waals surface area contributed by atoms with Crippen molar-refractivity contribution < 1.29 is 14.1 Å². The van der Waals surface area contributed by atoms with Gasteiger partial charge in [-0.1, -0.05) is 35.0 Å². The first kappa shape index (κ1) is 21.0. The van der Waals surface area contributed by atoms with Crippen LogP contribution in [0, 0.1) is 6.92 Å². The lowest BCUT2D eigenvalue weighted by Gasteiger charge is -2.25. The van der Waals surface area contributed by atoms with Gasteiger partial charge in [-0.05, 0) is 27.2 Å². The molecule has 0 N–H and O–H groups in total. The Kier molecular flexibility index (Phi) is 7.04. The Hall–Kier alpha value is -2.67. The number of carbonyl (C=O) groups is 2. The van der Waals surface area contributed by atoms with Gasteiger partial charge < -0.3 is 14.3 Å². The number of amides is 2. The molecule has 1 aliphatic heterocycles. The van der Waals surface area contributed by atoms with Crippen molar-refractivity contribution in [2.75, 3.05) is 45.8 Å². The summed E-state index contributed by atoms with van der Waals surface area (Å²) in [5.41, 5.74) is 2.76. The molecule has 0 unspecified atom stereocenters. The van der Waals surface area contributed by atoms with Crippen molar-refractivity contribution >= 4 is 11.8 Å². The maximum Gasteiger partial charge on any atom is 0.292 e. The van der Waals surface area contributed by atoms with Gasteiger partial charge in [-0.2, -0.15) is 0 Å². The van der Waals surface area contributed by atoms with Crippen LogP contribution in [-0.4, -0.2) is 77.5 Å². The molecular weight excluding hydrogens is 368 g/mol. The average Bonchev–Trinajstić information content (AvgIpc) is 3.10. The lowest BCUT2D eigenvalue weighted by molar-refractivity contribution is -0.132. The summed E-state index contributed by atoms with van der Waals surface area (Å²) in [5.74, 6) is 0.258. The van der Waals surface area contributed by atoms with E-state index in [0.29, 0.717) is 31.9 Å². The summed E-state index contributed by atoms with van der Waals surface area (Å²) in [4.78, 5) is 31.0. The van der Waals surface area contributed by atoms with Crippen LogP contribution in [0.4, 0.5) is 0 Å². The molecule has 0 spiro atoms. The summed E-state index contributed by atoms with van der Waals surface area (Å²) in [6.07, 6.45) is 0.830. The molecule has 7 heteroatoms. The second kappa shape index (κ2) is 9.69. The number of nitrogens with zero attached hydrogens (tertiary/aromatic N) is 4. The summed E-state index contributed by atoms with van der Waals surface area (Å²) >= 11 is 0. The van der Waals surface area contributed by atoms with E-state index >= 15 is 0 Å². The first-order valence-electron chi connectivity index (χ1n) is 10.3. The predicted octanol–water partition coefficient (Wildman–Crippen LogP) is 2.67. The number of aryl methyl sites for hydroxylation is 1. The Bertz CT molecular complexity index is 827. The van der Waals surface area contributed by atoms with E-state index < -0.39 is 0 Å². The molecule has 0 bridgehead atoms. The highest BCUT2D eigenvalue weighted by atomic mass is 16.5. The van der Waals surface area contributed by atoms with E-state index in [2.05, 4.69) is 10.1 Å². The van der Waals surface area contributed by atoms with E-state index in [4.69, 9.17) is 4.52 Å². The standard InChI is InChI=1S/C22H30N4O3/c1-4-25(5-2)21(27)16-24-11-6-12-26(14-13-24)22(28)20-15-19(23-29-20)18-9-7-17(3)8-10-18/h7-10,15H,4-6,11-14,16H2,1-3H3. The van der Waals surface area contributed by atoms with Crippen LogP contribution in [0.2, 0.25) is 0 Å². The molecule has 1 aliphatic rings. The summed E-state index contributed by atoms with van der Waals surface area (Å²) in [5, 5.41) is 4.06. The van der Waals surface area contributed by atoms with Crippen molar-refractivity contribution in [1.29, 1.82) is 0 Å². The van der Waals surface area contributed by atoms with Crippen LogP contribution < -0.4 is 0 Å². The molecule has 29 heavy (non-hydrogen) atoms. The Morgan fingerprint density at radius 3 is 2.48 bits per heavy atom. The van der Waals surface area contributed by atoms with Gasteiger partial charge in [0.25, 0.3) is 5.91 Å². The normalized spacial score (nSPS) is 15.2. The quantitative estimate of drug-likeness (QED) is 0.748. The van der Waals surface area contributed by atoms with Crippen molar-refractivity contribution in [1.82, 2.24) is 19.9 Å². The maximum absolute atomic E-state index is 12.9. The molecule has 3 rings (SSSR count). The van der Waals surface area contributed by atoms with E-state index in [9.17, 15) is 9.59 Å². The maximum atomic E-state index is 12.9. The summed E-state index contributed by atoms with van der Waals surface area (Å²) in [6.45, 7) is 10.6. The Balaban J connectivity index is 1.59. The number of likely N-dealkylation sites (N-methyl/N-ethyl adjacent to an activating group) is 1. The molecule has 0 saturated carbocycles. The van der Waals surface area contributed by atoms with Gasteiger partial charge in [0, 0.05) is 50.9 Å². The average molecular weight is 399 g/mol. The van der Waals surface area contributed by atoms with Crippen molar-refractivity contribution in [2.45, 2.75) is 27.2 Å². The largest absolute Gasteiger partial charge is 0.350 e. The van der Waals surface area contributed by atoms with Crippen LogP contribution in [0.1, 0.15) is 36.4 Å². The molecular formula is C22H30N4O3. The number of rotatable bonds is 6. The van der Waals surface area contributed by atoms with E-state index in [-0.39, 0.29) is 17.6 Å². The van der Waals surface area contributed by atoms with Gasteiger partial charge >= 0.3 is 0 Å². The zero-order chi connectivity index (χ0) is 20.8. The lowest BCUT2D eigenvalue weighted by Crippen LogP contribution is -2.42. The van der Waals surface area contributed by atoms with Gasteiger partial charge in [-0.25, -0.2) is 0 Å². The molecule has 1 fully saturated rings. The third-order valence-corrected chi connectivity index (χ3v) is 5.42. The van der Waals surface area contributed by atoms with E-state index in [1.807, 2.05) is 49.9 Å². The first-order valence-corrected chi connectivity index (χ1v) is 10.3. The Morgan fingerprint density at radius 2 is 1.79 bits per heavy atom. The second-order valence-corrected chi connectivity index (χ2v) is 7.43. The number of aromatic nitrogens is 1. The van der Waals surface area contributed by atoms with Gasteiger partial charge in [0.05, 0.1) is 6.54 Å². The van der Waals surface area contributed by atoms with Gasteiger partial charge in [-0.15, -0.1) is 0 Å². The number of hydrogen-bond donors (Lipinski definition) is 0. The van der Waals surface area contributed by atoms with E-state index in [1.165, 1.54) is 5.56 Å². The lowest BCUT2D eigenvalue weighted by atomic mass is 10.1. The first-order chi connectivity index (χ1) is 14.0. The molecule has 2 aromatic rings. The van der Waals surface area contributed by atoms with Crippen LogP contribution in [-0.2, 0) is 4.79 Å². The molecule has 0 radical (unpaired) electrons. The fourth-order valence-corrected chi connectivity index (χ4v) is 3.59. The topological polar surface area (TPSA) is 69.9 Å². The van der Waals surface area contributed by atoms with Crippen molar-refractivity contribution in [2.24, 2.45) is 0 Å². The van der Waals surface area contributed by atoms with Crippen LogP contribution >= 0.6 is 0 Å². The minimum absolute atomic E-state index is 0.146. The third kappa shape index (κ3) is 5.23. The molecule has 2 heterocycles. The molecule has 1 aromatic carbocycles. The van der Waals surface area contributed by atoms with Gasteiger partial charge in [-0.3, -0.25) is 14.5 Å². The molecule has 156 valence electrons. The minimum atomic E-state index is -0.146. The van der Waals surface area contributed by atoms with E-state index in [1.54, 1.807) is 11.0 Å². The molecule has 1 aromatic heterocycles. The molecule has 1 saturated heterocycles. The third-order valence-electron chi connectivity index (χ3n) is 5.42. The van der Waals surface area contributed by atoms with Gasteiger partial charge in [0.15, 0.2) is 0 Å². The van der Waals surface area contributed by atoms with Gasteiger partial charge in [0.1, 0.15) is 5.69 Å². The number of benzene rings is 1. The second-order valence-electron chi connectivity index (χ2n) is 7.43. The van der Waals surface area contributed by atoms with Crippen LogP contribution in [0.15, 0.2) is 34.9 Å². The monoisotopic (exact) mass is 398 g/mol. The molecule has 7 nitrogen and oxygen atoms in total. The fourth-order valence-electron chi connectivity index (χ4n) is 3.59. The molecule has 0 atom stereocenters. The van der Waals surface area contributed by atoms with Crippen LogP contribution in [0.5, 0.6) is 0 Å². The fraction of sp³-hybridized carbons (Fsp3) is 0.500. The summed E-state index contributed by atoms with van der Waals surface area (Å²) < 4.78 is 5.34. The predicted molar refractivity (Wildman–Crippen MR) is 112 cm³/mol. The SMILES string of the molecule is CCN(CC)C(=O)CN1CCCN(C(=O)c2cc(-c3ccc(C)cc3)no2)CC1. The Morgan fingerprint density at radius 1 is 1.07 bits per heavy atom. The van der Waals surface area contributed by atoms with Crippen LogP contribution in [0.3, 0.4) is 0 Å². The number of hydrogen-bond acceptors (Lipinski definition) is 5. The van der Waals surface area contributed by atoms with Crippen molar-refractivity contribution in [3.05, 3.63) is 41.7 Å². The number of carbonyl (C=O) groups excluding carboxylic acids is 2. The highest BCUT2D eigenvalue weighted by Gasteiger charge is 2.25. The van der Waals surface area contributed by atoms with Gasteiger partial charge in [0.2, 0.25) is 11.7 Å². The Labute approximate surface area is 172 Å². The molecule has 0 aliphatic carbocycles. The highest BCUT2D eigenvalue weighted by Crippen LogP contribution is 2.21. The van der Waals surface area contributed by atoms with Crippen molar-refractivity contribution in [3.8, 4) is 11.3 Å². The van der Waals surface area contributed by atoms with Crippen molar-refractivity contribution in [3.63, 3.8) is 0 Å². The van der Waals surface area contributed by atoms with Crippen LogP contribution in [0.25, 0.3) is 11.3 Å². The highest BCUT2D eigenvalue weighted by molar-refractivity contribution is 5.92. The van der Waals surface area contributed by atoms with E-state index in [0.717, 1.165) is 31.6 Å². The smallest absolute Gasteiger partial charge is 0.292 e. The summed E-state index contributed by atoms with van der Waals surface area (Å²) in [6, 6.07) is 9.67. The summed E-state index contributed by atoms with van der Waals surface area (Å²) in [7, 11) is 0. The molecule has 2 amide bonds. The minimum Gasteiger partial charge on any atom is -0.350 e. The zero-order valence-electron chi connectivity index (χ0n) is 17.6.